The van der Waals surface area contributed by atoms with Gasteiger partial charge in [0.1, 0.15) is 12.0 Å². The molecule has 0 aromatic carbocycles. The van der Waals surface area contributed by atoms with Crippen LogP contribution in [0, 0.1) is 0 Å². The number of hydrogen-bond donors (Lipinski definition) is 1. The second kappa shape index (κ2) is 5.83. The number of nitrogens with two attached hydrogens (primary N) is 1. The summed E-state index contributed by atoms with van der Waals surface area (Å²) in [5.41, 5.74) is 6.73. The zero-order chi connectivity index (χ0) is 13.9. The molecule has 110 valence electrons. The van der Waals surface area contributed by atoms with Gasteiger partial charge in [-0.05, 0) is 19.8 Å². The molecule has 2 N–H and O–H groups in total. The Bertz CT molecular complexity index is 466. The summed E-state index contributed by atoms with van der Waals surface area (Å²) in [6.45, 7) is 4.03. The van der Waals surface area contributed by atoms with Crippen molar-refractivity contribution in [3.8, 4) is 5.88 Å². The average Bonchev–Trinajstić information content (AvgIpc) is 2.49. The molecule has 1 saturated heterocycles. The number of nitrogens with zero attached hydrogens (tertiary/aromatic N) is 3. The minimum absolute atomic E-state index is 0.308. The van der Waals surface area contributed by atoms with Crippen LogP contribution < -0.4 is 15.4 Å². The van der Waals surface area contributed by atoms with E-state index in [-0.39, 0.29) is 0 Å². The van der Waals surface area contributed by atoms with Crippen LogP contribution in [0.3, 0.4) is 0 Å². The van der Waals surface area contributed by atoms with E-state index in [9.17, 15) is 0 Å². The Morgan fingerprint density at radius 1 is 1.40 bits per heavy atom. The van der Waals surface area contributed by atoms with Crippen LogP contribution in [0.25, 0.3) is 0 Å². The number of morpholine rings is 1. The van der Waals surface area contributed by atoms with Crippen LogP contribution in [0.15, 0.2) is 6.33 Å². The molecule has 1 aromatic heterocycles. The predicted molar refractivity (Wildman–Crippen MR) is 77.0 cm³/mol. The molecular formula is C14H22N4O2. The quantitative estimate of drug-likeness (QED) is 0.905. The van der Waals surface area contributed by atoms with Gasteiger partial charge in [-0.2, -0.15) is 4.98 Å². The highest BCUT2D eigenvalue weighted by atomic mass is 16.5. The van der Waals surface area contributed by atoms with Crippen molar-refractivity contribution in [1.82, 2.24) is 9.97 Å². The second-order valence-corrected chi connectivity index (χ2v) is 5.30. The standard InChI is InChI=1S/C14H22N4O2/c1-2-19-14-12(15)13(16-9-17-14)18-7-8-20-11-6-4-3-5-10(11)18/h9-11H,2-8,15H2,1H3. The van der Waals surface area contributed by atoms with Gasteiger partial charge in [-0.25, -0.2) is 4.98 Å². The van der Waals surface area contributed by atoms with Gasteiger partial charge in [-0.15, -0.1) is 0 Å². The van der Waals surface area contributed by atoms with Gasteiger partial charge in [0.25, 0.3) is 0 Å². The van der Waals surface area contributed by atoms with Crippen LogP contribution in [-0.4, -0.2) is 41.9 Å². The highest BCUT2D eigenvalue weighted by Gasteiger charge is 2.36. The molecule has 0 spiro atoms. The van der Waals surface area contributed by atoms with E-state index in [0.717, 1.165) is 31.8 Å². The number of anilines is 2. The van der Waals surface area contributed by atoms with Crippen molar-refractivity contribution in [3.63, 3.8) is 0 Å². The fraction of sp³-hybridized carbons (Fsp3) is 0.714. The van der Waals surface area contributed by atoms with Crippen LogP contribution in [-0.2, 0) is 4.74 Å². The van der Waals surface area contributed by atoms with Crippen LogP contribution in [0.1, 0.15) is 32.6 Å². The molecule has 1 saturated carbocycles. The molecule has 2 heterocycles. The molecule has 6 heteroatoms. The van der Waals surface area contributed by atoms with Gasteiger partial charge in [0.15, 0.2) is 5.82 Å². The van der Waals surface area contributed by atoms with E-state index in [4.69, 9.17) is 15.2 Å². The second-order valence-electron chi connectivity index (χ2n) is 5.30. The predicted octanol–water partition coefficient (Wildman–Crippen LogP) is 1.61. The van der Waals surface area contributed by atoms with Gasteiger partial charge in [0.05, 0.1) is 25.4 Å². The van der Waals surface area contributed by atoms with E-state index in [2.05, 4.69) is 14.9 Å². The maximum Gasteiger partial charge on any atom is 0.242 e. The Kier molecular flexibility index (Phi) is 3.91. The molecule has 2 atom stereocenters. The average molecular weight is 278 g/mol. The summed E-state index contributed by atoms with van der Waals surface area (Å²) in [6, 6.07) is 0.379. The summed E-state index contributed by atoms with van der Waals surface area (Å²) < 4.78 is 11.4. The summed E-state index contributed by atoms with van der Waals surface area (Å²) in [7, 11) is 0. The molecule has 1 aromatic rings. The zero-order valence-electron chi connectivity index (χ0n) is 11.9. The van der Waals surface area contributed by atoms with Crippen molar-refractivity contribution in [2.45, 2.75) is 44.8 Å². The molecule has 6 nitrogen and oxygen atoms in total. The highest BCUT2D eigenvalue weighted by molar-refractivity contribution is 5.68. The Balaban J connectivity index is 1.89. The minimum atomic E-state index is 0.308. The molecule has 1 aliphatic heterocycles. The monoisotopic (exact) mass is 278 g/mol. The highest BCUT2D eigenvalue weighted by Crippen LogP contribution is 2.35. The molecule has 0 radical (unpaired) electrons. The fourth-order valence-corrected chi connectivity index (χ4v) is 3.21. The van der Waals surface area contributed by atoms with Crippen molar-refractivity contribution >= 4 is 11.5 Å². The van der Waals surface area contributed by atoms with Crippen molar-refractivity contribution in [2.24, 2.45) is 0 Å². The first-order valence-corrected chi connectivity index (χ1v) is 7.42. The van der Waals surface area contributed by atoms with Gasteiger partial charge in [0, 0.05) is 6.54 Å². The van der Waals surface area contributed by atoms with Gasteiger partial charge in [-0.1, -0.05) is 12.8 Å². The molecule has 3 rings (SSSR count). The van der Waals surface area contributed by atoms with Crippen molar-refractivity contribution in [2.75, 3.05) is 30.4 Å². The summed E-state index contributed by atoms with van der Waals surface area (Å²) in [5, 5.41) is 0. The summed E-state index contributed by atoms with van der Waals surface area (Å²) in [4.78, 5) is 10.8. The first kappa shape index (κ1) is 13.4. The van der Waals surface area contributed by atoms with Crippen LogP contribution >= 0.6 is 0 Å². The Morgan fingerprint density at radius 2 is 2.25 bits per heavy atom. The Morgan fingerprint density at radius 3 is 3.10 bits per heavy atom. The van der Waals surface area contributed by atoms with E-state index in [1.807, 2.05) is 6.92 Å². The molecule has 0 amide bonds. The molecular weight excluding hydrogens is 256 g/mol. The molecule has 2 unspecified atom stereocenters. The maximum atomic E-state index is 6.19. The maximum absolute atomic E-state index is 6.19. The van der Waals surface area contributed by atoms with Crippen molar-refractivity contribution in [1.29, 1.82) is 0 Å². The van der Waals surface area contributed by atoms with Gasteiger partial charge < -0.3 is 20.1 Å². The first-order chi connectivity index (χ1) is 9.81. The fourth-order valence-electron chi connectivity index (χ4n) is 3.21. The molecule has 20 heavy (non-hydrogen) atoms. The number of ether oxygens (including phenoxy) is 2. The molecule has 2 fully saturated rings. The molecule has 2 aliphatic rings. The van der Waals surface area contributed by atoms with E-state index >= 15 is 0 Å². The normalized spacial score (nSPS) is 26.1. The van der Waals surface area contributed by atoms with Crippen LogP contribution in [0.2, 0.25) is 0 Å². The van der Waals surface area contributed by atoms with Crippen molar-refractivity contribution in [3.05, 3.63) is 6.33 Å². The van der Waals surface area contributed by atoms with E-state index in [0.29, 0.717) is 30.3 Å². The third kappa shape index (κ3) is 2.40. The van der Waals surface area contributed by atoms with E-state index in [1.54, 1.807) is 0 Å². The third-order valence-electron chi connectivity index (χ3n) is 4.11. The number of fused-ring (bicyclic) bond motifs is 1. The number of hydrogen-bond acceptors (Lipinski definition) is 6. The topological polar surface area (TPSA) is 73.5 Å². The zero-order valence-corrected chi connectivity index (χ0v) is 11.9. The van der Waals surface area contributed by atoms with E-state index < -0.39 is 0 Å². The third-order valence-corrected chi connectivity index (χ3v) is 4.11. The van der Waals surface area contributed by atoms with Gasteiger partial charge in [-0.3, -0.25) is 0 Å². The lowest BCUT2D eigenvalue weighted by molar-refractivity contribution is -0.00895. The van der Waals surface area contributed by atoms with Crippen LogP contribution in [0.4, 0.5) is 11.5 Å². The molecule has 0 bridgehead atoms. The lowest BCUT2D eigenvalue weighted by atomic mass is 9.90. The number of nitrogen functional groups attached to an aromatic ring is 1. The number of rotatable bonds is 3. The first-order valence-electron chi connectivity index (χ1n) is 7.42. The number of aromatic nitrogens is 2. The van der Waals surface area contributed by atoms with Gasteiger partial charge in [0.2, 0.25) is 5.88 Å². The smallest absolute Gasteiger partial charge is 0.242 e. The Hall–Kier alpha value is -1.56. The summed E-state index contributed by atoms with van der Waals surface area (Å²) >= 11 is 0. The minimum Gasteiger partial charge on any atom is -0.476 e. The SMILES string of the molecule is CCOc1ncnc(N2CCOC3CCCCC32)c1N. The van der Waals surface area contributed by atoms with Gasteiger partial charge >= 0.3 is 0 Å². The van der Waals surface area contributed by atoms with E-state index in [1.165, 1.54) is 19.2 Å². The van der Waals surface area contributed by atoms with Crippen LogP contribution in [0.5, 0.6) is 5.88 Å². The summed E-state index contributed by atoms with van der Waals surface area (Å²) in [5.74, 6) is 1.28. The lowest BCUT2D eigenvalue weighted by Crippen LogP contribution is -2.53. The Labute approximate surface area is 119 Å². The molecule has 1 aliphatic carbocycles. The lowest BCUT2D eigenvalue weighted by Gasteiger charge is -2.44. The summed E-state index contributed by atoms with van der Waals surface area (Å²) in [6.07, 6.45) is 6.59. The van der Waals surface area contributed by atoms with Crippen molar-refractivity contribution < 1.29 is 9.47 Å². The largest absolute Gasteiger partial charge is 0.476 e.